The number of aliphatic hydroxyl groups is 2. The van der Waals surface area contributed by atoms with Crippen LogP contribution in [0.5, 0.6) is 0 Å². The molecule has 0 spiro atoms. The summed E-state index contributed by atoms with van der Waals surface area (Å²) < 4.78 is 10.4. The molecule has 0 aliphatic heterocycles. The average molecular weight is 192 g/mol. The van der Waals surface area contributed by atoms with E-state index >= 15 is 0 Å². The predicted octanol–water partition coefficient (Wildman–Crippen LogP) is 0.173. The van der Waals surface area contributed by atoms with E-state index in [0.717, 1.165) is 12.8 Å². The molecule has 1 unspecified atom stereocenters. The zero-order valence-electron chi connectivity index (χ0n) is 8.24. The van der Waals surface area contributed by atoms with Crippen LogP contribution < -0.4 is 0 Å². The quantitative estimate of drug-likeness (QED) is 0.511. The van der Waals surface area contributed by atoms with Crippen molar-refractivity contribution in [3.8, 4) is 0 Å². The molecule has 0 rings (SSSR count). The number of aliphatic hydroxyl groups excluding tert-OH is 2. The summed E-state index contributed by atoms with van der Waals surface area (Å²) in [5.41, 5.74) is 0. The predicted molar refractivity (Wildman–Crippen MR) is 49.6 cm³/mol. The van der Waals surface area contributed by atoms with E-state index in [1.54, 1.807) is 0 Å². The summed E-state index contributed by atoms with van der Waals surface area (Å²) in [5.74, 6) is 0. The van der Waals surface area contributed by atoms with Gasteiger partial charge in [0.15, 0.2) is 0 Å². The van der Waals surface area contributed by atoms with E-state index in [0.29, 0.717) is 19.8 Å². The van der Waals surface area contributed by atoms with Gasteiger partial charge < -0.3 is 19.7 Å². The van der Waals surface area contributed by atoms with Gasteiger partial charge >= 0.3 is 0 Å². The van der Waals surface area contributed by atoms with Crippen LogP contribution in [-0.4, -0.2) is 49.4 Å². The van der Waals surface area contributed by atoms with Gasteiger partial charge in [-0.3, -0.25) is 0 Å². The lowest BCUT2D eigenvalue weighted by Gasteiger charge is -2.14. The van der Waals surface area contributed by atoms with Gasteiger partial charge in [-0.05, 0) is 6.42 Å². The van der Waals surface area contributed by atoms with E-state index in [9.17, 15) is 0 Å². The topological polar surface area (TPSA) is 58.9 Å². The van der Waals surface area contributed by atoms with Gasteiger partial charge in [-0.2, -0.15) is 0 Å². The normalized spacial score (nSPS) is 13.2. The molecule has 0 aromatic carbocycles. The highest BCUT2D eigenvalue weighted by atomic mass is 16.5. The molecule has 0 fully saturated rings. The minimum absolute atomic E-state index is 0.00705. The van der Waals surface area contributed by atoms with Crippen LogP contribution in [-0.2, 0) is 9.47 Å². The lowest BCUT2D eigenvalue weighted by molar-refractivity contribution is -0.0478. The Hall–Kier alpha value is -0.160. The van der Waals surface area contributed by atoms with Crippen LogP contribution in [0.1, 0.15) is 19.8 Å². The zero-order chi connectivity index (χ0) is 9.94. The standard InChI is InChI=1S/C9H20O4/c1-2-3-5-13-9(7-11)8-12-6-4-10/h9-11H,2-8H2,1H3. The van der Waals surface area contributed by atoms with E-state index in [1.165, 1.54) is 0 Å². The first-order valence-electron chi connectivity index (χ1n) is 4.76. The van der Waals surface area contributed by atoms with Crippen LogP contribution in [0.4, 0.5) is 0 Å². The fourth-order valence-electron chi connectivity index (χ4n) is 0.827. The number of ether oxygens (including phenoxy) is 2. The van der Waals surface area contributed by atoms with Gasteiger partial charge in [0.25, 0.3) is 0 Å². The van der Waals surface area contributed by atoms with Gasteiger partial charge in [-0.1, -0.05) is 13.3 Å². The molecule has 4 nitrogen and oxygen atoms in total. The summed E-state index contributed by atoms with van der Waals surface area (Å²) in [4.78, 5) is 0. The van der Waals surface area contributed by atoms with Crippen LogP contribution in [0.3, 0.4) is 0 Å². The second kappa shape index (κ2) is 9.92. The minimum Gasteiger partial charge on any atom is -0.394 e. The molecule has 0 bridgehead atoms. The number of unbranched alkanes of at least 4 members (excludes halogenated alkanes) is 1. The highest BCUT2D eigenvalue weighted by Gasteiger charge is 2.06. The molecule has 2 N–H and O–H groups in total. The molecule has 80 valence electrons. The maximum Gasteiger partial charge on any atom is 0.104 e. The van der Waals surface area contributed by atoms with E-state index in [4.69, 9.17) is 19.7 Å². The zero-order valence-corrected chi connectivity index (χ0v) is 8.24. The maximum absolute atomic E-state index is 8.86. The molecule has 0 aromatic rings. The number of rotatable bonds is 9. The van der Waals surface area contributed by atoms with Gasteiger partial charge in [0, 0.05) is 6.61 Å². The first-order valence-corrected chi connectivity index (χ1v) is 4.76. The van der Waals surface area contributed by atoms with Crippen molar-refractivity contribution in [2.24, 2.45) is 0 Å². The summed E-state index contributed by atoms with van der Waals surface area (Å²) in [6.45, 7) is 3.36. The van der Waals surface area contributed by atoms with E-state index in [2.05, 4.69) is 6.92 Å². The van der Waals surface area contributed by atoms with Gasteiger partial charge in [-0.25, -0.2) is 0 Å². The first kappa shape index (κ1) is 12.8. The molecule has 1 atom stereocenters. The van der Waals surface area contributed by atoms with Crippen LogP contribution in [0.15, 0.2) is 0 Å². The van der Waals surface area contributed by atoms with E-state index < -0.39 is 0 Å². The first-order chi connectivity index (χ1) is 6.35. The molecule has 13 heavy (non-hydrogen) atoms. The second-order valence-electron chi connectivity index (χ2n) is 2.83. The maximum atomic E-state index is 8.86. The van der Waals surface area contributed by atoms with Crippen molar-refractivity contribution < 1.29 is 19.7 Å². The third kappa shape index (κ3) is 8.18. The van der Waals surface area contributed by atoms with Crippen LogP contribution in [0.2, 0.25) is 0 Å². The van der Waals surface area contributed by atoms with Crippen LogP contribution in [0, 0.1) is 0 Å². The third-order valence-electron chi connectivity index (χ3n) is 1.59. The smallest absolute Gasteiger partial charge is 0.104 e. The Morgan fingerprint density at radius 3 is 2.54 bits per heavy atom. The van der Waals surface area contributed by atoms with Crippen LogP contribution >= 0.6 is 0 Å². The molecule has 0 aliphatic carbocycles. The van der Waals surface area contributed by atoms with Crippen molar-refractivity contribution >= 4 is 0 Å². The Bertz CT molecular complexity index is 87.6. The molecule has 0 saturated heterocycles. The van der Waals surface area contributed by atoms with Gasteiger partial charge in [0.2, 0.25) is 0 Å². The lowest BCUT2D eigenvalue weighted by atomic mass is 10.3. The van der Waals surface area contributed by atoms with Crippen molar-refractivity contribution in [1.82, 2.24) is 0 Å². The van der Waals surface area contributed by atoms with Gasteiger partial charge in [0.1, 0.15) is 6.10 Å². The minimum atomic E-state index is -0.252. The summed E-state index contributed by atoms with van der Waals surface area (Å²) in [6.07, 6.45) is 1.82. The Morgan fingerprint density at radius 2 is 2.00 bits per heavy atom. The molecule has 4 heteroatoms. The average Bonchev–Trinajstić information content (AvgIpc) is 2.16. The van der Waals surface area contributed by atoms with Crippen molar-refractivity contribution in [3.05, 3.63) is 0 Å². The van der Waals surface area contributed by atoms with Crippen LogP contribution in [0.25, 0.3) is 0 Å². The Balaban J connectivity index is 3.28. The Kier molecular flexibility index (Phi) is 9.80. The molecule has 0 radical (unpaired) electrons. The second-order valence-corrected chi connectivity index (χ2v) is 2.83. The molecule has 0 aromatic heterocycles. The Labute approximate surface area is 79.5 Å². The van der Waals surface area contributed by atoms with Crippen molar-refractivity contribution in [2.75, 3.05) is 33.0 Å². The molecule has 0 saturated carbocycles. The molecular weight excluding hydrogens is 172 g/mol. The summed E-state index contributed by atoms with van der Waals surface area (Å²) in [5, 5.41) is 17.3. The fourth-order valence-corrected chi connectivity index (χ4v) is 0.827. The summed E-state index contributed by atoms with van der Waals surface area (Å²) in [7, 11) is 0. The highest BCUT2D eigenvalue weighted by molar-refractivity contribution is 4.53. The van der Waals surface area contributed by atoms with Gasteiger partial charge in [0.05, 0.1) is 26.4 Å². The monoisotopic (exact) mass is 192 g/mol. The van der Waals surface area contributed by atoms with Crippen molar-refractivity contribution in [3.63, 3.8) is 0 Å². The van der Waals surface area contributed by atoms with Crippen molar-refractivity contribution in [1.29, 1.82) is 0 Å². The van der Waals surface area contributed by atoms with Gasteiger partial charge in [-0.15, -0.1) is 0 Å². The summed E-state index contributed by atoms with van der Waals surface area (Å²) in [6, 6.07) is 0. The van der Waals surface area contributed by atoms with Crippen molar-refractivity contribution in [2.45, 2.75) is 25.9 Å². The molecule has 0 heterocycles. The largest absolute Gasteiger partial charge is 0.394 e. The Morgan fingerprint density at radius 1 is 1.23 bits per heavy atom. The SMILES string of the molecule is CCCCOC(CO)COCCO. The molecule has 0 aliphatic rings. The van der Waals surface area contributed by atoms with E-state index in [-0.39, 0.29) is 19.3 Å². The summed E-state index contributed by atoms with van der Waals surface area (Å²) >= 11 is 0. The highest BCUT2D eigenvalue weighted by Crippen LogP contribution is 1.96. The van der Waals surface area contributed by atoms with E-state index in [1.807, 2.05) is 0 Å². The molecule has 0 amide bonds. The molecular formula is C9H20O4. The third-order valence-corrected chi connectivity index (χ3v) is 1.59. The lowest BCUT2D eigenvalue weighted by Crippen LogP contribution is -2.25. The number of hydrogen-bond acceptors (Lipinski definition) is 4. The number of hydrogen-bond donors (Lipinski definition) is 2. The fraction of sp³-hybridized carbons (Fsp3) is 1.00.